The molecule has 9 heteroatoms. The normalized spacial score (nSPS) is 11.0. The molecule has 9 nitrogen and oxygen atoms in total. The van der Waals surface area contributed by atoms with E-state index in [1.807, 2.05) is 30.3 Å². The number of hydrogen-bond acceptors (Lipinski definition) is 6. The zero-order chi connectivity index (χ0) is 21.6. The van der Waals surface area contributed by atoms with E-state index in [1.165, 1.54) is 13.2 Å². The number of aromatic nitrogens is 2. The number of benzene rings is 2. The van der Waals surface area contributed by atoms with Gasteiger partial charge in [-0.1, -0.05) is 36.4 Å². The monoisotopic (exact) mass is 406 g/mol. The minimum Gasteiger partial charge on any atom is -0.465 e. The van der Waals surface area contributed by atoms with Crippen LogP contribution in [0.5, 0.6) is 0 Å². The number of nitrogens with zero attached hydrogens (tertiary/aromatic N) is 3. The maximum atomic E-state index is 13.1. The molecule has 0 spiro atoms. The third kappa shape index (κ3) is 2.79. The number of pyridine rings is 1. The summed E-state index contributed by atoms with van der Waals surface area (Å²) in [6.45, 7) is 0. The van der Waals surface area contributed by atoms with Gasteiger partial charge in [-0.25, -0.2) is 14.9 Å². The quantitative estimate of drug-likeness (QED) is 0.317. The van der Waals surface area contributed by atoms with Crippen molar-refractivity contribution in [3.63, 3.8) is 0 Å². The van der Waals surface area contributed by atoms with Gasteiger partial charge in [-0.3, -0.25) is 4.79 Å². The van der Waals surface area contributed by atoms with E-state index < -0.39 is 16.6 Å². The van der Waals surface area contributed by atoms with Gasteiger partial charge in [0.05, 0.1) is 18.0 Å². The second-order valence-corrected chi connectivity index (χ2v) is 6.94. The predicted molar refractivity (Wildman–Crippen MR) is 114 cm³/mol. The maximum Gasteiger partial charge on any atom is 0.342 e. The summed E-state index contributed by atoms with van der Waals surface area (Å²) in [4.78, 5) is 42.0. The number of methoxy groups -OCH3 is 1. The van der Waals surface area contributed by atoms with Crippen LogP contribution in [0.1, 0.15) is 10.4 Å². The highest BCUT2D eigenvalue weighted by molar-refractivity contribution is 6.16. The maximum absolute atomic E-state index is 13.1. The topological polar surface area (TPSA) is 110 Å². The Hall–Kier alpha value is -4.14. The van der Waals surface area contributed by atoms with Gasteiger partial charge in [0.15, 0.2) is 5.03 Å². The predicted octanol–water partition coefficient (Wildman–Crippen LogP) is 3.04. The fraction of sp³-hybridized carbons (Fsp3) is 0.143. The van der Waals surface area contributed by atoms with Crippen molar-refractivity contribution in [2.75, 3.05) is 26.1 Å². The molecular formula is C21H18N4O5. The molecule has 0 aliphatic heterocycles. The number of carbonyl (C=O) groups excluding carboxylic acids is 1. The molecule has 0 radical (unpaired) electrons. The van der Waals surface area contributed by atoms with Gasteiger partial charge in [0.2, 0.25) is 0 Å². The first kappa shape index (κ1) is 19.2. The molecule has 4 aromatic rings. The number of H-pyrrole nitrogens is 1. The lowest BCUT2D eigenvalue weighted by molar-refractivity contribution is -0.540. The van der Waals surface area contributed by atoms with Crippen LogP contribution in [0.15, 0.2) is 53.3 Å². The van der Waals surface area contributed by atoms with Crippen molar-refractivity contribution < 1.29 is 14.6 Å². The Morgan fingerprint density at radius 2 is 1.83 bits per heavy atom. The third-order valence-corrected chi connectivity index (χ3v) is 4.99. The summed E-state index contributed by atoms with van der Waals surface area (Å²) in [6, 6.07) is 14.5. The van der Waals surface area contributed by atoms with Crippen LogP contribution < -0.4 is 10.5 Å². The van der Waals surface area contributed by atoms with E-state index in [9.17, 15) is 19.7 Å². The number of fused-ring (bicyclic) bond motifs is 3. The van der Waals surface area contributed by atoms with E-state index in [4.69, 9.17) is 4.74 Å². The van der Waals surface area contributed by atoms with Crippen molar-refractivity contribution in [2.24, 2.45) is 0 Å². The summed E-state index contributed by atoms with van der Waals surface area (Å²) >= 11 is 0. The van der Waals surface area contributed by atoms with Crippen LogP contribution in [0, 0.1) is 10.1 Å². The van der Waals surface area contributed by atoms with E-state index >= 15 is 0 Å². The summed E-state index contributed by atoms with van der Waals surface area (Å²) in [6.07, 6.45) is 0. The highest BCUT2D eigenvalue weighted by atomic mass is 16.7. The lowest BCUT2D eigenvalue weighted by Gasteiger charge is -2.11. The van der Waals surface area contributed by atoms with Crippen LogP contribution in [0.3, 0.4) is 0 Å². The zero-order valence-corrected chi connectivity index (χ0v) is 16.5. The highest BCUT2D eigenvalue weighted by Crippen LogP contribution is 2.33. The smallest absolute Gasteiger partial charge is 0.342 e. The van der Waals surface area contributed by atoms with Crippen molar-refractivity contribution in [3.8, 4) is 11.1 Å². The average Bonchev–Trinajstić information content (AvgIpc) is 3.15. The van der Waals surface area contributed by atoms with Crippen molar-refractivity contribution in [1.29, 1.82) is 0 Å². The number of esters is 1. The van der Waals surface area contributed by atoms with Gasteiger partial charge in [0.1, 0.15) is 16.9 Å². The number of aromatic amines is 1. The van der Waals surface area contributed by atoms with E-state index in [2.05, 4.69) is 4.98 Å². The van der Waals surface area contributed by atoms with Crippen LogP contribution in [0.2, 0.25) is 0 Å². The number of ether oxygens (including phenoxy) is 1. The number of carbonyl (C=O) groups is 1. The summed E-state index contributed by atoms with van der Waals surface area (Å²) in [5.74, 6) is -0.419. The second-order valence-electron chi connectivity index (χ2n) is 6.94. The standard InChI is InChI=1S/C21H18N4O5/c1-23(2)19-17(21(27)30-3)16-18(22-19)14-11-13(12-7-5-4-6-8-12)9-10-15(14)24(20(16)26)25(28)29/h4-11,22H,1-3H3. The average molecular weight is 406 g/mol. The Kier molecular flexibility index (Phi) is 4.50. The molecule has 0 amide bonds. The van der Waals surface area contributed by atoms with Gasteiger partial charge < -0.3 is 14.6 Å². The molecule has 0 fully saturated rings. The highest BCUT2D eigenvalue weighted by Gasteiger charge is 2.28. The SMILES string of the molecule is COC(=O)c1c(N(C)C)[nH]c2c1c(=O)n([N+](=O)[O-])c1ccc(-c3ccccc3)cc21. The molecule has 30 heavy (non-hydrogen) atoms. The number of nitro groups is 1. The van der Waals surface area contributed by atoms with Crippen LogP contribution >= 0.6 is 0 Å². The van der Waals surface area contributed by atoms with Crippen LogP contribution in [-0.4, -0.2) is 41.9 Å². The second kappa shape index (κ2) is 7.03. The molecule has 2 heterocycles. The van der Waals surface area contributed by atoms with Gasteiger partial charge in [0.25, 0.3) is 0 Å². The third-order valence-electron chi connectivity index (χ3n) is 4.99. The van der Waals surface area contributed by atoms with E-state index in [1.54, 1.807) is 31.1 Å². The lowest BCUT2D eigenvalue weighted by atomic mass is 10.0. The zero-order valence-electron chi connectivity index (χ0n) is 16.5. The summed E-state index contributed by atoms with van der Waals surface area (Å²) in [5.41, 5.74) is 1.26. The van der Waals surface area contributed by atoms with Gasteiger partial charge in [-0.2, -0.15) is 0 Å². The van der Waals surface area contributed by atoms with Gasteiger partial charge in [-0.05, 0) is 27.9 Å². The number of rotatable bonds is 4. The molecule has 2 aromatic carbocycles. The summed E-state index contributed by atoms with van der Waals surface area (Å²) in [7, 11) is 4.59. The number of nitrogens with one attached hydrogen (secondary N) is 1. The minimum absolute atomic E-state index is 0.0369. The molecule has 4 rings (SSSR count). The van der Waals surface area contributed by atoms with Gasteiger partial charge in [-0.15, -0.1) is 0 Å². The fourth-order valence-electron chi connectivity index (χ4n) is 3.65. The fourth-order valence-corrected chi connectivity index (χ4v) is 3.65. The molecular weight excluding hydrogens is 388 g/mol. The summed E-state index contributed by atoms with van der Waals surface area (Å²) < 4.78 is 5.31. The van der Waals surface area contributed by atoms with Crippen molar-refractivity contribution in [2.45, 2.75) is 0 Å². The lowest BCUT2D eigenvalue weighted by Crippen LogP contribution is -2.27. The minimum atomic E-state index is -0.903. The van der Waals surface area contributed by atoms with Crippen LogP contribution in [-0.2, 0) is 4.74 Å². The van der Waals surface area contributed by atoms with Crippen molar-refractivity contribution in [3.05, 3.63) is 74.6 Å². The van der Waals surface area contributed by atoms with Crippen LogP contribution in [0.4, 0.5) is 5.82 Å². The van der Waals surface area contributed by atoms with E-state index in [0.29, 0.717) is 21.4 Å². The molecule has 0 aliphatic carbocycles. The number of hydrogen-bond donors (Lipinski definition) is 1. The van der Waals surface area contributed by atoms with E-state index in [-0.39, 0.29) is 16.5 Å². The molecule has 152 valence electrons. The molecule has 0 saturated heterocycles. The molecule has 0 aliphatic rings. The Bertz CT molecular complexity index is 1370. The first-order chi connectivity index (χ1) is 14.3. The van der Waals surface area contributed by atoms with Crippen LogP contribution in [0.25, 0.3) is 32.9 Å². The largest absolute Gasteiger partial charge is 0.465 e. The molecule has 1 N–H and O–H groups in total. The Morgan fingerprint density at radius 3 is 2.43 bits per heavy atom. The van der Waals surface area contributed by atoms with Gasteiger partial charge in [0, 0.05) is 19.5 Å². The number of anilines is 1. The molecule has 0 unspecified atom stereocenters. The van der Waals surface area contributed by atoms with Gasteiger partial charge >= 0.3 is 11.5 Å². The van der Waals surface area contributed by atoms with Crippen molar-refractivity contribution >= 4 is 33.6 Å². The summed E-state index contributed by atoms with van der Waals surface area (Å²) in [5, 5.41) is 11.3. The Labute approximate surface area is 170 Å². The molecule has 0 bridgehead atoms. The first-order valence-electron chi connectivity index (χ1n) is 9.05. The Morgan fingerprint density at radius 1 is 1.13 bits per heavy atom. The van der Waals surface area contributed by atoms with E-state index in [0.717, 1.165) is 11.1 Å². The molecule has 0 atom stereocenters. The Balaban J connectivity index is 2.22. The molecule has 2 aromatic heterocycles. The first-order valence-corrected chi connectivity index (χ1v) is 9.05. The molecule has 0 saturated carbocycles. The van der Waals surface area contributed by atoms with Crippen molar-refractivity contribution in [1.82, 2.24) is 9.66 Å².